The summed E-state index contributed by atoms with van der Waals surface area (Å²) in [6.45, 7) is 4.71. The van der Waals surface area contributed by atoms with Crippen molar-refractivity contribution in [2.24, 2.45) is 11.7 Å². The van der Waals surface area contributed by atoms with Crippen LogP contribution in [0.3, 0.4) is 0 Å². The number of nitrogens with two attached hydrogens (primary N) is 1. The Morgan fingerprint density at radius 2 is 2.05 bits per heavy atom. The molecule has 1 aromatic heterocycles. The highest BCUT2D eigenvalue weighted by Gasteiger charge is 2.21. The molecule has 0 aliphatic heterocycles. The first-order valence-corrected chi connectivity index (χ1v) is 6.80. The van der Waals surface area contributed by atoms with Crippen LogP contribution in [0.15, 0.2) is 28.8 Å². The lowest BCUT2D eigenvalue weighted by Crippen LogP contribution is -2.18. The predicted octanol–water partition coefficient (Wildman–Crippen LogP) is 2.37. The maximum atomic E-state index is 5.77. The van der Waals surface area contributed by atoms with Crippen LogP contribution in [0.1, 0.15) is 37.0 Å². The Kier molecular flexibility index (Phi) is 4.74. The minimum absolute atomic E-state index is 0.105. The van der Waals surface area contributed by atoms with E-state index in [2.05, 4.69) is 24.0 Å². The van der Waals surface area contributed by atoms with E-state index in [1.807, 2.05) is 24.3 Å². The van der Waals surface area contributed by atoms with E-state index in [9.17, 15) is 0 Å². The molecular weight excluding hydrogens is 254 g/mol. The molecule has 1 unspecified atom stereocenters. The quantitative estimate of drug-likeness (QED) is 0.876. The molecule has 1 heterocycles. The minimum Gasteiger partial charge on any atom is -0.496 e. The Balaban J connectivity index is 2.17. The summed E-state index contributed by atoms with van der Waals surface area (Å²) in [6, 6.07) is 7.83. The van der Waals surface area contributed by atoms with Crippen LogP contribution in [0.2, 0.25) is 0 Å². The number of aromatic nitrogens is 2. The normalized spacial score (nSPS) is 12.7. The van der Waals surface area contributed by atoms with Gasteiger partial charge in [0.25, 0.3) is 0 Å². The van der Waals surface area contributed by atoms with Crippen molar-refractivity contribution in [1.29, 1.82) is 0 Å². The van der Waals surface area contributed by atoms with Crippen LogP contribution >= 0.6 is 0 Å². The summed E-state index contributed by atoms with van der Waals surface area (Å²) in [4.78, 5) is 4.46. The predicted molar refractivity (Wildman–Crippen MR) is 76.7 cm³/mol. The van der Waals surface area contributed by atoms with E-state index < -0.39 is 0 Å². The molecule has 0 saturated carbocycles. The molecule has 5 heteroatoms. The van der Waals surface area contributed by atoms with Crippen LogP contribution in [0, 0.1) is 5.92 Å². The Bertz CT molecular complexity index is 552. The monoisotopic (exact) mass is 275 g/mol. The molecule has 0 fully saturated rings. The maximum absolute atomic E-state index is 5.77. The van der Waals surface area contributed by atoms with E-state index in [0.29, 0.717) is 30.6 Å². The number of nitrogens with zero attached hydrogens (tertiary/aromatic N) is 2. The average molecular weight is 275 g/mol. The third-order valence-corrected chi connectivity index (χ3v) is 3.40. The molecule has 2 aromatic rings. The van der Waals surface area contributed by atoms with Crippen LogP contribution in [0.4, 0.5) is 0 Å². The van der Waals surface area contributed by atoms with Crippen molar-refractivity contribution in [3.63, 3.8) is 0 Å². The van der Waals surface area contributed by atoms with Crippen molar-refractivity contribution >= 4 is 0 Å². The van der Waals surface area contributed by atoms with Crippen molar-refractivity contribution in [2.45, 2.75) is 26.2 Å². The lowest BCUT2D eigenvalue weighted by atomic mass is 9.96. The lowest BCUT2D eigenvalue weighted by Gasteiger charge is -2.13. The van der Waals surface area contributed by atoms with Gasteiger partial charge in [-0.1, -0.05) is 37.2 Å². The Labute approximate surface area is 119 Å². The number of ether oxygens (including phenoxy) is 1. The first-order chi connectivity index (χ1) is 9.65. The number of benzene rings is 1. The van der Waals surface area contributed by atoms with E-state index in [0.717, 1.165) is 11.3 Å². The first kappa shape index (κ1) is 14.5. The van der Waals surface area contributed by atoms with Gasteiger partial charge >= 0.3 is 0 Å². The lowest BCUT2D eigenvalue weighted by molar-refractivity contribution is 0.322. The highest BCUT2D eigenvalue weighted by molar-refractivity contribution is 5.35. The molecule has 0 spiro atoms. The number of hydrogen-bond acceptors (Lipinski definition) is 5. The summed E-state index contributed by atoms with van der Waals surface area (Å²) < 4.78 is 10.7. The van der Waals surface area contributed by atoms with E-state index in [1.165, 1.54) is 0 Å². The largest absolute Gasteiger partial charge is 0.496 e. The summed E-state index contributed by atoms with van der Waals surface area (Å²) >= 11 is 0. The number of methoxy groups -OCH3 is 1. The second-order valence-electron chi connectivity index (χ2n) is 5.12. The van der Waals surface area contributed by atoms with Gasteiger partial charge in [0.15, 0.2) is 5.82 Å². The molecule has 2 N–H and O–H groups in total. The molecule has 0 aliphatic rings. The van der Waals surface area contributed by atoms with Gasteiger partial charge in [-0.3, -0.25) is 0 Å². The molecule has 1 atom stereocenters. The van der Waals surface area contributed by atoms with Crippen LogP contribution in [-0.4, -0.2) is 23.8 Å². The van der Waals surface area contributed by atoms with Gasteiger partial charge in [0.05, 0.1) is 13.0 Å². The Morgan fingerprint density at radius 1 is 1.30 bits per heavy atom. The molecule has 1 aromatic carbocycles. The third kappa shape index (κ3) is 3.17. The first-order valence-electron chi connectivity index (χ1n) is 6.80. The summed E-state index contributed by atoms with van der Waals surface area (Å²) in [5.41, 5.74) is 6.80. The van der Waals surface area contributed by atoms with Gasteiger partial charge in [-0.25, -0.2) is 0 Å². The highest BCUT2D eigenvalue weighted by atomic mass is 16.5. The molecule has 108 valence electrons. The smallest absolute Gasteiger partial charge is 0.231 e. The highest BCUT2D eigenvalue weighted by Crippen LogP contribution is 2.23. The third-order valence-electron chi connectivity index (χ3n) is 3.40. The molecule has 0 bridgehead atoms. The molecule has 0 aliphatic carbocycles. The topological polar surface area (TPSA) is 74.2 Å². The Hall–Kier alpha value is -1.88. The van der Waals surface area contributed by atoms with Gasteiger partial charge in [-0.05, 0) is 12.0 Å². The zero-order chi connectivity index (χ0) is 14.5. The van der Waals surface area contributed by atoms with Crippen molar-refractivity contribution in [3.8, 4) is 5.75 Å². The minimum atomic E-state index is 0.105. The average Bonchev–Trinajstić information content (AvgIpc) is 2.88. The summed E-state index contributed by atoms with van der Waals surface area (Å²) in [7, 11) is 1.66. The van der Waals surface area contributed by atoms with Crippen LogP contribution in [0.5, 0.6) is 5.75 Å². The standard InChI is InChI=1S/C15H21N3O2/c1-10(2)12(9-16)15-17-14(18-20-15)8-11-6-4-5-7-13(11)19-3/h4-7,10,12H,8-9,16H2,1-3H3. The summed E-state index contributed by atoms with van der Waals surface area (Å²) in [6.07, 6.45) is 0.586. The van der Waals surface area contributed by atoms with Gasteiger partial charge in [0.2, 0.25) is 5.89 Å². The van der Waals surface area contributed by atoms with Crippen LogP contribution in [-0.2, 0) is 6.42 Å². The molecule has 20 heavy (non-hydrogen) atoms. The van der Waals surface area contributed by atoms with Crippen LogP contribution < -0.4 is 10.5 Å². The molecule has 5 nitrogen and oxygen atoms in total. The summed E-state index contributed by atoms with van der Waals surface area (Å²) in [5.74, 6) is 2.59. The van der Waals surface area contributed by atoms with Gasteiger partial charge in [0, 0.05) is 18.5 Å². The maximum Gasteiger partial charge on any atom is 0.231 e. The van der Waals surface area contributed by atoms with Crippen molar-refractivity contribution in [1.82, 2.24) is 10.1 Å². The van der Waals surface area contributed by atoms with E-state index >= 15 is 0 Å². The fourth-order valence-corrected chi connectivity index (χ4v) is 2.17. The fourth-order valence-electron chi connectivity index (χ4n) is 2.17. The molecule has 2 rings (SSSR count). The number of hydrogen-bond donors (Lipinski definition) is 1. The molecule has 0 radical (unpaired) electrons. The van der Waals surface area contributed by atoms with Gasteiger partial charge in [0.1, 0.15) is 5.75 Å². The second-order valence-corrected chi connectivity index (χ2v) is 5.12. The second kappa shape index (κ2) is 6.52. The van der Waals surface area contributed by atoms with Crippen molar-refractivity contribution in [2.75, 3.05) is 13.7 Å². The van der Waals surface area contributed by atoms with Crippen molar-refractivity contribution in [3.05, 3.63) is 41.5 Å². The number of para-hydroxylation sites is 1. The zero-order valence-corrected chi connectivity index (χ0v) is 12.2. The van der Waals surface area contributed by atoms with Gasteiger partial charge < -0.3 is 15.0 Å². The van der Waals surface area contributed by atoms with Gasteiger partial charge in [-0.2, -0.15) is 4.98 Å². The number of rotatable bonds is 6. The van der Waals surface area contributed by atoms with E-state index in [4.69, 9.17) is 15.0 Å². The van der Waals surface area contributed by atoms with Crippen LogP contribution in [0.25, 0.3) is 0 Å². The Morgan fingerprint density at radius 3 is 2.70 bits per heavy atom. The molecule has 0 saturated heterocycles. The van der Waals surface area contributed by atoms with Crippen molar-refractivity contribution < 1.29 is 9.26 Å². The van der Waals surface area contributed by atoms with Gasteiger partial charge in [-0.15, -0.1) is 0 Å². The zero-order valence-electron chi connectivity index (χ0n) is 12.2. The summed E-state index contributed by atoms with van der Waals surface area (Å²) in [5, 5.41) is 4.04. The molecule has 0 amide bonds. The van der Waals surface area contributed by atoms with E-state index in [-0.39, 0.29) is 5.92 Å². The fraction of sp³-hybridized carbons (Fsp3) is 0.467. The van der Waals surface area contributed by atoms with E-state index in [1.54, 1.807) is 7.11 Å². The molecular formula is C15H21N3O2. The SMILES string of the molecule is COc1ccccc1Cc1noc(C(CN)C(C)C)n1.